The highest BCUT2D eigenvalue weighted by molar-refractivity contribution is 7.80. The van der Waals surface area contributed by atoms with Gasteiger partial charge in [0.15, 0.2) is 0 Å². The van der Waals surface area contributed by atoms with E-state index in [1.165, 1.54) is 0 Å². The summed E-state index contributed by atoms with van der Waals surface area (Å²) in [5.41, 5.74) is 0. The zero-order chi connectivity index (χ0) is 11.2. The molecule has 0 aromatic rings. The van der Waals surface area contributed by atoms with Crippen LogP contribution in [0.15, 0.2) is 12.7 Å². The summed E-state index contributed by atoms with van der Waals surface area (Å²) in [5.74, 6) is 0. The van der Waals surface area contributed by atoms with E-state index in [2.05, 4.69) is 10.8 Å². The number of quaternary nitrogens is 1. The summed E-state index contributed by atoms with van der Waals surface area (Å²) in [6.45, 7) is 5.10. The average molecular weight is 223 g/mol. The molecule has 84 valence electrons. The van der Waals surface area contributed by atoms with Gasteiger partial charge in [0.2, 0.25) is 10.4 Å². The highest BCUT2D eigenvalue weighted by Crippen LogP contribution is 2.00. The molecule has 0 saturated heterocycles. The fraction of sp³-hybridized carbons (Fsp3) is 0.750. The quantitative estimate of drug-likeness (QED) is 0.202. The van der Waals surface area contributed by atoms with Crippen LogP contribution >= 0.6 is 0 Å². The Kier molecular flexibility index (Phi) is 5.28. The molecule has 0 amide bonds. The van der Waals surface area contributed by atoms with Gasteiger partial charge in [-0.2, -0.15) is 0 Å². The first kappa shape index (κ1) is 13.6. The van der Waals surface area contributed by atoms with Gasteiger partial charge in [0.25, 0.3) is 0 Å². The van der Waals surface area contributed by atoms with Crippen LogP contribution < -0.4 is 0 Å². The Bertz CT molecular complexity index is 271. The molecule has 0 rings (SSSR count). The lowest BCUT2D eigenvalue weighted by Crippen LogP contribution is -2.40. The molecule has 0 radical (unpaired) electrons. The van der Waals surface area contributed by atoms with Gasteiger partial charge in [0.1, 0.15) is 0 Å². The van der Waals surface area contributed by atoms with Crippen LogP contribution in [-0.4, -0.2) is 51.2 Å². The summed E-state index contributed by atoms with van der Waals surface area (Å²) in [5, 5.41) is 0. The molecule has 0 unspecified atom stereocenters. The summed E-state index contributed by atoms with van der Waals surface area (Å²) in [6, 6.07) is 0. The van der Waals surface area contributed by atoms with E-state index in [1.54, 1.807) is 6.08 Å². The van der Waals surface area contributed by atoms with E-state index in [4.69, 9.17) is 0 Å². The first-order chi connectivity index (χ1) is 6.27. The molecule has 0 aliphatic carbocycles. The third-order valence-corrected chi connectivity index (χ3v) is 2.21. The lowest BCUT2D eigenvalue weighted by atomic mass is 10.3. The Labute approximate surface area is 85.5 Å². The molecule has 0 aliphatic rings. The van der Waals surface area contributed by atoms with Crippen molar-refractivity contribution in [2.24, 2.45) is 0 Å². The zero-order valence-electron chi connectivity index (χ0n) is 8.60. The predicted molar refractivity (Wildman–Crippen MR) is 52.3 cm³/mol. The van der Waals surface area contributed by atoms with Crippen molar-refractivity contribution in [1.82, 2.24) is 0 Å². The largest absolute Gasteiger partial charge is 0.726 e. The molecular formula is C8H17NO4S. The average Bonchev–Trinajstić information content (AvgIpc) is 1.96. The van der Waals surface area contributed by atoms with Crippen LogP contribution in [0.2, 0.25) is 0 Å². The Balaban J connectivity index is 3.69. The highest BCUT2D eigenvalue weighted by Gasteiger charge is 2.11. The van der Waals surface area contributed by atoms with Gasteiger partial charge in [-0.1, -0.05) is 6.58 Å². The Hall–Kier alpha value is -0.430. The minimum Gasteiger partial charge on any atom is -0.726 e. The monoisotopic (exact) mass is 223 g/mol. The van der Waals surface area contributed by atoms with Gasteiger partial charge in [0, 0.05) is 6.42 Å². The van der Waals surface area contributed by atoms with Crippen LogP contribution in [0, 0.1) is 0 Å². The molecular weight excluding hydrogens is 206 g/mol. The molecule has 0 heterocycles. The van der Waals surface area contributed by atoms with Crippen LogP contribution in [0.1, 0.15) is 6.42 Å². The summed E-state index contributed by atoms with van der Waals surface area (Å²) < 4.78 is 35.0. The number of hydrogen-bond donors (Lipinski definition) is 0. The van der Waals surface area contributed by atoms with E-state index in [-0.39, 0.29) is 6.61 Å². The van der Waals surface area contributed by atoms with Gasteiger partial charge >= 0.3 is 0 Å². The maximum absolute atomic E-state index is 10.1. The van der Waals surface area contributed by atoms with Crippen LogP contribution in [-0.2, 0) is 14.6 Å². The second-order valence-corrected chi connectivity index (χ2v) is 4.77. The Morgan fingerprint density at radius 2 is 2.07 bits per heavy atom. The van der Waals surface area contributed by atoms with E-state index in [0.29, 0.717) is 10.9 Å². The van der Waals surface area contributed by atoms with Crippen LogP contribution in [0.25, 0.3) is 0 Å². The molecule has 0 fully saturated rings. The third-order valence-electron chi connectivity index (χ3n) is 1.76. The van der Waals surface area contributed by atoms with E-state index in [0.717, 1.165) is 13.1 Å². The molecule has 0 aromatic heterocycles. The van der Waals surface area contributed by atoms with Crippen molar-refractivity contribution in [3.05, 3.63) is 12.7 Å². The molecule has 0 spiro atoms. The first-order valence-corrected chi connectivity index (χ1v) is 5.63. The summed E-state index contributed by atoms with van der Waals surface area (Å²) in [6.07, 6.45) is 2.33. The third kappa shape index (κ3) is 8.18. The zero-order valence-corrected chi connectivity index (χ0v) is 9.42. The molecule has 0 aliphatic heterocycles. The topological polar surface area (TPSA) is 66.4 Å². The van der Waals surface area contributed by atoms with Gasteiger partial charge in [0.05, 0.1) is 33.8 Å². The molecule has 0 atom stereocenters. The maximum Gasteiger partial charge on any atom is 0.217 e. The first-order valence-electron chi connectivity index (χ1n) is 4.30. The van der Waals surface area contributed by atoms with Crippen molar-refractivity contribution in [2.75, 3.05) is 33.8 Å². The SMILES string of the molecule is C=CC[N+](C)(C)CCCOS(=O)(=O)[O-]. The number of likely N-dealkylation sites (N-methyl/N-ethyl adjacent to an activating group) is 1. The van der Waals surface area contributed by atoms with Crippen LogP contribution in [0.4, 0.5) is 0 Å². The van der Waals surface area contributed by atoms with Gasteiger partial charge in [-0.05, 0) is 6.08 Å². The molecule has 0 saturated carbocycles. The molecule has 14 heavy (non-hydrogen) atoms. The maximum atomic E-state index is 10.1. The van der Waals surface area contributed by atoms with Crippen molar-refractivity contribution >= 4 is 10.4 Å². The number of nitrogens with zero attached hydrogens (tertiary/aromatic N) is 1. The van der Waals surface area contributed by atoms with Gasteiger partial charge in [-0.25, -0.2) is 8.42 Å². The second kappa shape index (κ2) is 5.45. The van der Waals surface area contributed by atoms with Crippen molar-refractivity contribution in [1.29, 1.82) is 0 Å². The highest BCUT2D eigenvalue weighted by atomic mass is 32.3. The fourth-order valence-corrected chi connectivity index (χ4v) is 1.42. The van der Waals surface area contributed by atoms with Crippen LogP contribution in [0.3, 0.4) is 0 Å². The van der Waals surface area contributed by atoms with Crippen LogP contribution in [0.5, 0.6) is 0 Å². The normalized spacial score (nSPS) is 12.8. The summed E-state index contributed by atoms with van der Waals surface area (Å²) in [7, 11) is -0.544. The molecule has 0 aromatic carbocycles. The van der Waals surface area contributed by atoms with E-state index in [9.17, 15) is 13.0 Å². The van der Waals surface area contributed by atoms with E-state index >= 15 is 0 Å². The second-order valence-electron chi connectivity index (χ2n) is 3.71. The Morgan fingerprint density at radius 1 is 1.50 bits per heavy atom. The summed E-state index contributed by atoms with van der Waals surface area (Å²) in [4.78, 5) is 0. The number of hydrogen-bond acceptors (Lipinski definition) is 4. The Morgan fingerprint density at radius 3 is 2.50 bits per heavy atom. The van der Waals surface area contributed by atoms with E-state index < -0.39 is 10.4 Å². The lowest BCUT2D eigenvalue weighted by molar-refractivity contribution is -0.884. The smallest absolute Gasteiger partial charge is 0.217 e. The molecule has 5 nitrogen and oxygen atoms in total. The molecule has 6 heteroatoms. The molecule has 0 bridgehead atoms. The number of rotatable bonds is 7. The van der Waals surface area contributed by atoms with Gasteiger partial charge in [-0.3, -0.25) is 4.18 Å². The fourth-order valence-electron chi connectivity index (χ4n) is 1.09. The van der Waals surface area contributed by atoms with Crippen molar-refractivity contribution in [3.63, 3.8) is 0 Å². The van der Waals surface area contributed by atoms with E-state index in [1.807, 2.05) is 14.1 Å². The minimum absolute atomic E-state index is 0.0509. The molecule has 0 N–H and O–H groups in total. The van der Waals surface area contributed by atoms with Crippen molar-refractivity contribution < 1.29 is 21.6 Å². The standard InChI is InChI=1S/C8H17NO4S/c1-4-6-9(2,3)7-5-8-13-14(10,11)12/h4H,1,5-8H2,2-3H3. The van der Waals surface area contributed by atoms with Gasteiger partial charge < -0.3 is 9.04 Å². The van der Waals surface area contributed by atoms with Gasteiger partial charge in [-0.15, -0.1) is 0 Å². The predicted octanol–water partition coefficient (Wildman–Crippen LogP) is 0.116. The van der Waals surface area contributed by atoms with Crippen molar-refractivity contribution in [2.45, 2.75) is 6.42 Å². The lowest BCUT2D eigenvalue weighted by Gasteiger charge is -2.28. The van der Waals surface area contributed by atoms with Crippen molar-refractivity contribution in [3.8, 4) is 0 Å². The minimum atomic E-state index is -4.53. The summed E-state index contributed by atoms with van der Waals surface area (Å²) >= 11 is 0.